The van der Waals surface area contributed by atoms with Crippen LogP contribution in [-0.4, -0.2) is 28.1 Å². The minimum atomic E-state index is -0.808. The Hall–Kier alpha value is -2.02. The van der Waals surface area contributed by atoms with Gasteiger partial charge in [-0.15, -0.1) is 0 Å². The fourth-order valence-electron chi connectivity index (χ4n) is 1.72. The van der Waals surface area contributed by atoms with Crippen molar-refractivity contribution >= 4 is 11.6 Å². The number of carbonyl (C=O) groups is 1. The maximum atomic E-state index is 12.9. The summed E-state index contributed by atoms with van der Waals surface area (Å²) >= 11 is 0. The van der Waals surface area contributed by atoms with Crippen molar-refractivity contribution in [2.45, 2.75) is 32.4 Å². The molecule has 0 aliphatic heterocycles. The van der Waals surface area contributed by atoms with E-state index in [-0.39, 0.29) is 11.6 Å². The van der Waals surface area contributed by atoms with Crippen LogP contribution in [0.5, 0.6) is 0 Å². The van der Waals surface area contributed by atoms with Crippen LogP contribution in [-0.2, 0) is 0 Å². The van der Waals surface area contributed by atoms with Crippen LogP contribution in [0.25, 0.3) is 0 Å². The molecule has 2 unspecified atom stereocenters. The van der Waals surface area contributed by atoms with Gasteiger partial charge in [0.25, 0.3) is 11.6 Å². The summed E-state index contributed by atoms with van der Waals surface area (Å²) in [7, 11) is 0. The highest BCUT2D eigenvalue weighted by Gasteiger charge is 2.22. The fourth-order valence-corrected chi connectivity index (χ4v) is 1.72. The molecular weight excluding hydrogens is 255 g/mol. The molecule has 0 fully saturated rings. The number of aliphatic hydroxyl groups is 1. The molecule has 0 radical (unpaired) electrons. The van der Waals surface area contributed by atoms with E-state index >= 15 is 0 Å². The number of amides is 1. The molecule has 0 aromatic heterocycles. The maximum Gasteiger partial charge on any atom is 0.285 e. The number of nitrogens with zero attached hydrogens (tertiary/aromatic N) is 1. The summed E-state index contributed by atoms with van der Waals surface area (Å²) in [5.41, 5.74) is -0.786. The molecule has 2 atom stereocenters. The van der Waals surface area contributed by atoms with Gasteiger partial charge < -0.3 is 10.4 Å². The zero-order valence-electron chi connectivity index (χ0n) is 10.6. The molecule has 0 heterocycles. The van der Waals surface area contributed by atoms with Crippen LogP contribution >= 0.6 is 0 Å². The van der Waals surface area contributed by atoms with Crippen LogP contribution in [0.1, 0.15) is 30.6 Å². The van der Waals surface area contributed by atoms with E-state index in [1.807, 2.05) is 0 Å². The maximum absolute atomic E-state index is 12.9. The average molecular weight is 270 g/mol. The molecule has 0 saturated heterocycles. The monoisotopic (exact) mass is 270 g/mol. The van der Waals surface area contributed by atoms with E-state index in [1.165, 1.54) is 0 Å². The van der Waals surface area contributed by atoms with Gasteiger partial charge in [-0.3, -0.25) is 14.9 Å². The van der Waals surface area contributed by atoms with Gasteiger partial charge in [0.05, 0.1) is 17.1 Å². The number of rotatable bonds is 5. The molecule has 0 aliphatic carbocycles. The Kier molecular flexibility index (Phi) is 4.94. The second kappa shape index (κ2) is 6.24. The summed E-state index contributed by atoms with van der Waals surface area (Å²) in [5.74, 6) is -1.44. The van der Waals surface area contributed by atoms with Gasteiger partial charge in [0.15, 0.2) is 0 Å². The Labute approximate surface area is 109 Å². The summed E-state index contributed by atoms with van der Waals surface area (Å²) in [6, 6.07) is 2.41. The third-order valence-electron chi connectivity index (χ3n) is 2.47. The Morgan fingerprint density at radius 2 is 2.16 bits per heavy atom. The largest absolute Gasteiger partial charge is 0.393 e. The lowest BCUT2D eigenvalue weighted by Gasteiger charge is -2.15. The van der Waals surface area contributed by atoms with Crippen molar-refractivity contribution < 1.29 is 19.2 Å². The van der Waals surface area contributed by atoms with Crippen molar-refractivity contribution in [1.82, 2.24) is 5.32 Å². The van der Waals surface area contributed by atoms with E-state index in [9.17, 15) is 24.4 Å². The number of nitrogens with one attached hydrogen (secondary N) is 1. The molecule has 6 nitrogen and oxygen atoms in total. The lowest BCUT2D eigenvalue weighted by molar-refractivity contribution is -0.385. The van der Waals surface area contributed by atoms with Gasteiger partial charge in [-0.25, -0.2) is 4.39 Å². The quantitative estimate of drug-likeness (QED) is 0.628. The van der Waals surface area contributed by atoms with Crippen LogP contribution in [0, 0.1) is 15.9 Å². The van der Waals surface area contributed by atoms with Gasteiger partial charge in [0, 0.05) is 6.04 Å². The highest BCUT2D eigenvalue weighted by Crippen LogP contribution is 2.19. The van der Waals surface area contributed by atoms with Crippen molar-refractivity contribution in [3.8, 4) is 0 Å². The normalized spacial score (nSPS) is 13.7. The Morgan fingerprint density at radius 3 is 2.68 bits per heavy atom. The number of nitro groups is 1. The number of halogens is 1. The zero-order valence-corrected chi connectivity index (χ0v) is 10.6. The first kappa shape index (κ1) is 15.0. The topological polar surface area (TPSA) is 92.5 Å². The fraction of sp³-hybridized carbons (Fsp3) is 0.417. The first-order chi connectivity index (χ1) is 8.81. The minimum absolute atomic E-state index is 0.205. The number of nitro benzene ring substituents is 1. The Bertz CT molecular complexity index is 491. The lowest BCUT2D eigenvalue weighted by atomic mass is 10.1. The smallest absolute Gasteiger partial charge is 0.285 e. The van der Waals surface area contributed by atoms with Gasteiger partial charge in [0.1, 0.15) is 11.4 Å². The number of hydrogen-bond donors (Lipinski definition) is 2. The van der Waals surface area contributed by atoms with Crippen LogP contribution in [0.3, 0.4) is 0 Å². The second-order valence-corrected chi connectivity index (χ2v) is 4.38. The Morgan fingerprint density at radius 1 is 1.53 bits per heavy atom. The molecule has 1 amide bonds. The molecule has 0 spiro atoms. The predicted octanol–water partition coefficient (Wildman–Crippen LogP) is 1.62. The van der Waals surface area contributed by atoms with Crippen LogP contribution in [0.15, 0.2) is 18.2 Å². The molecular formula is C12H15FN2O4. The summed E-state index contributed by atoms with van der Waals surface area (Å²) in [6.45, 7) is 3.24. The predicted molar refractivity (Wildman–Crippen MR) is 66.3 cm³/mol. The minimum Gasteiger partial charge on any atom is -0.393 e. The summed E-state index contributed by atoms with van der Waals surface area (Å²) < 4.78 is 12.9. The third-order valence-corrected chi connectivity index (χ3v) is 2.47. The molecule has 0 bridgehead atoms. The lowest BCUT2D eigenvalue weighted by Crippen LogP contribution is -2.35. The number of aliphatic hydroxyl groups excluding tert-OH is 1. The van der Waals surface area contributed by atoms with Crippen molar-refractivity contribution in [3.05, 3.63) is 39.7 Å². The van der Waals surface area contributed by atoms with Gasteiger partial charge in [-0.1, -0.05) is 0 Å². The second-order valence-electron chi connectivity index (χ2n) is 4.38. The summed E-state index contributed by atoms with van der Waals surface area (Å²) in [4.78, 5) is 21.8. The van der Waals surface area contributed by atoms with Gasteiger partial charge in [0.2, 0.25) is 0 Å². The van der Waals surface area contributed by atoms with Gasteiger partial charge in [-0.2, -0.15) is 0 Å². The molecule has 19 heavy (non-hydrogen) atoms. The summed E-state index contributed by atoms with van der Waals surface area (Å²) in [6.07, 6.45) is -0.278. The summed E-state index contributed by atoms with van der Waals surface area (Å²) in [5, 5.41) is 22.5. The molecule has 104 valence electrons. The van der Waals surface area contributed by atoms with Gasteiger partial charge >= 0.3 is 0 Å². The first-order valence-corrected chi connectivity index (χ1v) is 5.74. The first-order valence-electron chi connectivity index (χ1n) is 5.74. The highest BCUT2D eigenvalue weighted by molar-refractivity contribution is 5.98. The van der Waals surface area contributed by atoms with E-state index in [0.29, 0.717) is 12.5 Å². The van der Waals surface area contributed by atoms with Crippen molar-refractivity contribution in [2.75, 3.05) is 0 Å². The van der Waals surface area contributed by atoms with Crippen LogP contribution in [0.2, 0.25) is 0 Å². The molecule has 1 aromatic rings. The molecule has 1 rings (SSSR count). The number of carbonyl (C=O) groups excluding carboxylic acids is 1. The van der Waals surface area contributed by atoms with E-state index in [2.05, 4.69) is 5.32 Å². The van der Waals surface area contributed by atoms with E-state index in [0.717, 1.165) is 12.1 Å². The van der Waals surface area contributed by atoms with Crippen LogP contribution < -0.4 is 5.32 Å². The number of benzene rings is 1. The SMILES string of the molecule is CC(O)CC(C)NC(=O)c1ccc(F)cc1[N+](=O)[O-]. The van der Waals surface area contributed by atoms with Crippen molar-refractivity contribution in [1.29, 1.82) is 0 Å². The van der Waals surface area contributed by atoms with Crippen LogP contribution in [0.4, 0.5) is 10.1 Å². The molecule has 2 N–H and O–H groups in total. The number of hydrogen-bond acceptors (Lipinski definition) is 4. The van der Waals surface area contributed by atoms with Crippen molar-refractivity contribution in [3.63, 3.8) is 0 Å². The molecule has 7 heteroatoms. The Balaban J connectivity index is 2.91. The molecule has 0 saturated carbocycles. The van der Waals surface area contributed by atoms with Crippen molar-refractivity contribution in [2.24, 2.45) is 0 Å². The zero-order chi connectivity index (χ0) is 14.6. The molecule has 0 aliphatic rings. The average Bonchev–Trinajstić information content (AvgIpc) is 2.27. The highest BCUT2D eigenvalue weighted by atomic mass is 19.1. The third kappa shape index (κ3) is 4.29. The molecule has 1 aromatic carbocycles. The van der Waals surface area contributed by atoms with Gasteiger partial charge in [-0.05, 0) is 32.4 Å². The standard InChI is InChI=1S/C12H15FN2O4/c1-7(5-8(2)16)14-12(17)10-4-3-9(13)6-11(10)15(18)19/h3-4,6-8,16H,5H2,1-2H3,(H,14,17). The van der Waals surface area contributed by atoms with E-state index in [1.54, 1.807) is 13.8 Å². The van der Waals surface area contributed by atoms with E-state index < -0.39 is 28.4 Å². The van der Waals surface area contributed by atoms with E-state index in [4.69, 9.17) is 0 Å².